The minimum Gasteiger partial charge on any atom is -0.493 e. The Morgan fingerprint density at radius 3 is 2.82 bits per heavy atom. The van der Waals surface area contributed by atoms with E-state index in [0.29, 0.717) is 0 Å². The second kappa shape index (κ2) is 3.49. The van der Waals surface area contributed by atoms with Crippen LogP contribution in [0.2, 0.25) is 0 Å². The molecule has 1 fully saturated rings. The summed E-state index contributed by atoms with van der Waals surface area (Å²) in [5, 5.41) is 0. The average molecular weight is 231 g/mol. The minimum atomic E-state index is 0.0719. The lowest BCUT2D eigenvalue weighted by Gasteiger charge is -2.32. The van der Waals surface area contributed by atoms with E-state index in [0.717, 1.165) is 25.2 Å². The highest BCUT2D eigenvalue weighted by Gasteiger charge is 2.50. The van der Waals surface area contributed by atoms with E-state index >= 15 is 0 Å². The lowest BCUT2D eigenvalue weighted by atomic mass is 9.77. The van der Waals surface area contributed by atoms with Gasteiger partial charge in [0.1, 0.15) is 5.75 Å². The molecule has 2 nitrogen and oxygen atoms in total. The summed E-state index contributed by atoms with van der Waals surface area (Å²) in [6.45, 7) is 5.43. The number of hydrogen-bond donors (Lipinski definition) is 1. The molecule has 1 aliphatic carbocycles. The van der Waals surface area contributed by atoms with Crippen LogP contribution in [0, 0.1) is 5.41 Å². The van der Waals surface area contributed by atoms with Crippen molar-refractivity contribution in [1.29, 1.82) is 0 Å². The van der Waals surface area contributed by atoms with Crippen LogP contribution in [0.3, 0.4) is 0 Å². The summed E-state index contributed by atoms with van der Waals surface area (Å²) < 4.78 is 5.54. The molecule has 1 heterocycles. The maximum absolute atomic E-state index is 6.36. The zero-order valence-electron chi connectivity index (χ0n) is 10.8. The number of benzene rings is 1. The highest BCUT2D eigenvalue weighted by atomic mass is 16.5. The van der Waals surface area contributed by atoms with Crippen molar-refractivity contribution in [1.82, 2.24) is 0 Å². The van der Waals surface area contributed by atoms with E-state index in [9.17, 15) is 0 Å². The minimum absolute atomic E-state index is 0.0719. The third-order valence-electron chi connectivity index (χ3n) is 4.54. The van der Waals surface area contributed by atoms with Crippen molar-refractivity contribution in [2.45, 2.75) is 45.1 Å². The Kier molecular flexibility index (Phi) is 2.27. The Morgan fingerprint density at radius 1 is 1.35 bits per heavy atom. The SMILES string of the molecule is CC(C)(Cc1ccc2c(c1)CCO2)C1(N)CC1. The van der Waals surface area contributed by atoms with Crippen molar-refractivity contribution in [3.05, 3.63) is 29.3 Å². The first-order valence-corrected chi connectivity index (χ1v) is 6.54. The van der Waals surface area contributed by atoms with Crippen molar-refractivity contribution >= 4 is 0 Å². The smallest absolute Gasteiger partial charge is 0.122 e. The number of nitrogens with two attached hydrogens (primary N) is 1. The van der Waals surface area contributed by atoms with E-state index < -0.39 is 0 Å². The van der Waals surface area contributed by atoms with Gasteiger partial charge in [0, 0.05) is 12.0 Å². The van der Waals surface area contributed by atoms with Crippen LogP contribution in [0.5, 0.6) is 5.75 Å². The molecule has 0 spiro atoms. The molecule has 0 saturated heterocycles. The van der Waals surface area contributed by atoms with Crippen LogP contribution in [0.1, 0.15) is 37.8 Å². The Hall–Kier alpha value is -1.02. The molecule has 17 heavy (non-hydrogen) atoms. The summed E-state index contributed by atoms with van der Waals surface area (Å²) in [6, 6.07) is 6.61. The van der Waals surface area contributed by atoms with Gasteiger partial charge in [-0.2, -0.15) is 0 Å². The number of ether oxygens (including phenoxy) is 1. The second-order valence-corrected chi connectivity index (χ2v) is 6.26. The summed E-state index contributed by atoms with van der Waals surface area (Å²) in [7, 11) is 0. The van der Waals surface area contributed by atoms with E-state index in [1.807, 2.05) is 0 Å². The molecule has 0 unspecified atom stereocenters. The maximum atomic E-state index is 6.36. The fourth-order valence-electron chi connectivity index (χ4n) is 2.85. The van der Waals surface area contributed by atoms with Crippen LogP contribution in [0.15, 0.2) is 18.2 Å². The van der Waals surface area contributed by atoms with Crippen LogP contribution in [-0.4, -0.2) is 12.1 Å². The molecule has 1 aromatic carbocycles. The fourth-order valence-corrected chi connectivity index (χ4v) is 2.85. The Balaban J connectivity index is 1.81. The molecule has 0 radical (unpaired) electrons. The lowest BCUT2D eigenvalue weighted by Crippen LogP contribution is -2.41. The molecule has 1 aromatic rings. The summed E-state index contributed by atoms with van der Waals surface area (Å²) in [5.74, 6) is 1.07. The largest absolute Gasteiger partial charge is 0.493 e. The first kappa shape index (κ1) is 11.1. The van der Waals surface area contributed by atoms with Crippen LogP contribution < -0.4 is 10.5 Å². The number of hydrogen-bond acceptors (Lipinski definition) is 2. The monoisotopic (exact) mass is 231 g/mol. The van der Waals surface area contributed by atoms with Crippen LogP contribution in [0.25, 0.3) is 0 Å². The number of rotatable bonds is 3. The molecule has 0 aromatic heterocycles. The van der Waals surface area contributed by atoms with Gasteiger partial charge in [0.15, 0.2) is 0 Å². The summed E-state index contributed by atoms with van der Waals surface area (Å²) in [6.07, 6.45) is 4.47. The molecule has 2 heteroatoms. The van der Waals surface area contributed by atoms with Gasteiger partial charge in [-0.05, 0) is 41.9 Å². The highest BCUT2D eigenvalue weighted by molar-refractivity contribution is 5.40. The van der Waals surface area contributed by atoms with Crippen molar-refractivity contribution < 1.29 is 4.74 Å². The van der Waals surface area contributed by atoms with Gasteiger partial charge >= 0.3 is 0 Å². The standard InChI is InChI=1S/C15H21NO/c1-14(2,15(16)6-7-15)10-11-3-4-13-12(9-11)5-8-17-13/h3-4,9H,5-8,10,16H2,1-2H3. The van der Waals surface area contributed by atoms with Gasteiger partial charge in [0.25, 0.3) is 0 Å². The Labute approximate surface area is 103 Å². The molecule has 1 saturated carbocycles. The topological polar surface area (TPSA) is 35.2 Å². The summed E-state index contributed by atoms with van der Waals surface area (Å²) >= 11 is 0. The maximum Gasteiger partial charge on any atom is 0.122 e. The quantitative estimate of drug-likeness (QED) is 0.868. The van der Waals surface area contributed by atoms with Gasteiger partial charge in [-0.1, -0.05) is 26.0 Å². The van der Waals surface area contributed by atoms with Gasteiger partial charge in [-0.25, -0.2) is 0 Å². The molecule has 3 rings (SSSR count). The predicted octanol–water partition coefficient (Wildman–Crippen LogP) is 2.68. The third-order valence-corrected chi connectivity index (χ3v) is 4.54. The van der Waals surface area contributed by atoms with E-state index in [1.54, 1.807) is 0 Å². The fraction of sp³-hybridized carbons (Fsp3) is 0.600. The first-order chi connectivity index (χ1) is 8.00. The third kappa shape index (κ3) is 1.85. The van der Waals surface area contributed by atoms with E-state index in [-0.39, 0.29) is 11.0 Å². The average Bonchev–Trinajstić information content (AvgIpc) is 2.88. The molecular weight excluding hydrogens is 210 g/mol. The van der Waals surface area contributed by atoms with Gasteiger partial charge in [-0.3, -0.25) is 0 Å². The van der Waals surface area contributed by atoms with Gasteiger partial charge in [0.2, 0.25) is 0 Å². The molecule has 0 amide bonds. The van der Waals surface area contributed by atoms with Crippen molar-refractivity contribution in [3.63, 3.8) is 0 Å². The van der Waals surface area contributed by atoms with Crippen molar-refractivity contribution in [2.24, 2.45) is 11.1 Å². The summed E-state index contributed by atoms with van der Waals surface area (Å²) in [4.78, 5) is 0. The van der Waals surface area contributed by atoms with E-state index in [4.69, 9.17) is 10.5 Å². The number of fused-ring (bicyclic) bond motifs is 1. The van der Waals surface area contributed by atoms with E-state index in [1.165, 1.54) is 24.0 Å². The Morgan fingerprint density at radius 2 is 2.12 bits per heavy atom. The molecule has 2 aliphatic rings. The van der Waals surface area contributed by atoms with Crippen LogP contribution >= 0.6 is 0 Å². The van der Waals surface area contributed by atoms with Gasteiger partial charge in [0.05, 0.1) is 6.61 Å². The van der Waals surface area contributed by atoms with E-state index in [2.05, 4.69) is 32.0 Å². The molecule has 1 aliphatic heterocycles. The van der Waals surface area contributed by atoms with Gasteiger partial charge in [-0.15, -0.1) is 0 Å². The zero-order chi connectivity index (χ0) is 12.1. The predicted molar refractivity (Wildman–Crippen MR) is 69.3 cm³/mol. The normalized spacial score (nSPS) is 20.9. The second-order valence-electron chi connectivity index (χ2n) is 6.26. The zero-order valence-corrected chi connectivity index (χ0v) is 10.8. The Bertz CT molecular complexity index is 446. The van der Waals surface area contributed by atoms with Crippen molar-refractivity contribution in [2.75, 3.05) is 6.61 Å². The molecule has 92 valence electrons. The molecule has 2 N–H and O–H groups in total. The van der Waals surface area contributed by atoms with Crippen LogP contribution in [-0.2, 0) is 12.8 Å². The molecule has 0 atom stereocenters. The first-order valence-electron chi connectivity index (χ1n) is 6.54. The van der Waals surface area contributed by atoms with Crippen molar-refractivity contribution in [3.8, 4) is 5.75 Å². The summed E-state index contributed by atoms with van der Waals surface area (Å²) in [5.41, 5.74) is 9.39. The lowest BCUT2D eigenvalue weighted by molar-refractivity contribution is 0.264. The molecule has 0 bridgehead atoms. The molecular formula is C15H21NO. The highest BCUT2D eigenvalue weighted by Crippen LogP contribution is 2.49. The van der Waals surface area contributed by atoms with Crippen LogP contribution in [0.4, 0.5) is 0 Å². The van der Waals surface area contributed by atoms with Gasteiger partial charge < -0.3 is 10.5 Å².